The van der Waals surface area contributed by atoms with Crippen molar-refractivity contribution < 1.29 is 9.15 Å². The highest BCUT2D eigenvalue weighted by Gasteiger charge is 2.42. The highest BCUT2D eigenvalue weighted by atomic mass is 35.5. The van der Waals surface area contributed by atoms with Crippen LogP contribution in [0.5, 0.6) is 0 Å². The molecule has 0 spiro atoms. The number of hydrogen-bond donors (Lipinski definition) is 1. The van der Waals surface area contributed by atoms with Crippen LogP contribution in [0.4, 0.5) is 11.4 Å². The number of pyridine rings is 1. The minimum atomic E-state index is -0.216. The van der Waals surface area contributed by atoms with Gasteiger partial charge in [0.2, 0.25) is 0 Å². The van der Waals surface area contributed by atoms with Crippen molar-refractivity contribution in [1.82, 2.24) is 10.3 Å². The van der Waals surface area contributed by atoms with Crippen LogP contribution in [0.1, 0.15) is 29.1 Å². The Balaban J connectivity index is 1.37. The fourth-order valence-electron chi connectivity index (χ4n) is 4.98. The molecule has 6 rings (SSSR count). The minimum absolute atomic E-state index is 0.173. The van der Waals surface area contributed by atoms with Crippen LogP contribution in [0, 0.1) is 6.92 Å². The third-order valence-electron chi connectivity index (χ3n) is 6.98. The summed E-state index contributed by atoms with van der Waals surface area (Å²) in [5.41, 5.74) is 5.04. The number of rotatable bonds is 5. The van der Waals surface area contributed by atoms with Crippen LogP contribution in [0.3, 0.4) is 0 Å². The lowest BCUT2D eigenvalue weighted by molar-refractivity contribution is 0.122. The molecule has 2 aromatic heterocycles. The topological polar surface area (TPSA) is 53.8 Å². The van der Waals surface area contributed by atoms with Gasteiger partial charge in [-0.15, -0.1) is 0 Å². The van der Waals surface area contributed by atoms with Crippen LogP contribution in [0.25, 0.3) is 11.3 Å². The van der Waals surface area contributed by atoms with Crippen LogP contribution >= 0.6 is 23.8 Å². The number of anilines is 2. The summed E-state index contributed by atoms with van der Waals surface area (Å²) in [6.07, 6.45) is 1.80. The molecular formula is C29H27ClN4O2S. The zero-order valence-corrected chi connectivity index (χ0v) is 22.0. The summed E-state index contributed by atoms with van der Waals surface area (Å²) in [7, 11) is 0. The zero-order valence-electron chi connectivity index (χ0n) is 20.4. The SMILES string of the molecule is Cc1ccc(-c2ccc([C@H]3[C@@H](c4ccccn4)NC(=S)N3c3ccc(N4CCOCC4)cc3)o2)cc1Cl. The number of halogens is 1. The molecule has 2 aliphatic heterocycles. The van der Waals surface area contributed by atoms with Gasteiger partial charge in [0.05, 0.1) is 24.9 Å². The Hall–Kier alpha value is -3.39. The van der Waals surface area contributed by atoms with Gasteiger partial charge in [0.15, 0.2) is 5.11 Å². The Bertz CT molecular complexity index is 1400. The summed E-state index contributed by atoms with van der Waals surface area (Å²) < 4.78 is 12.0. The first kappa shape index (κ1) is 24.0. The third-order valence-corrected chi connectivity index (χ3v) is 7.70. The number of benzene rings is 2. The fourth-order valence-corrected chi connectivity index (χ4v) is 5.51. The van der Waals surface area contributed by atoms with E-state index in [2.05, 4.69) is 44.4 Å². The number of nitrogens with one attached hydrogen (secondary N) is 1. The molecule has 2 aromatic carbocycles. The second-order valence-electron chi connectivity index (χ2n) is 9.28. The lowest BCUT2D eigenvalue weighted by Gasteiger charge is -2.30. The van der Waals surface area contributed by atoms with E-state index in [1.165, 1.54) is 5.69 Å². The second-order valence-corrected chi connectivity index (χ2v) is 10.1. The first-order valence-corrected chi connectivity index (χ1v) is 13.2. The van der Waals surface area contributed by atoms with Crippen LogP contribution < -0.4 is 15.1 Å². The van der Waals surface area contributed by atoms with Gasteiger partial charge >= 0.3 is 0 Å². The van der Waals surface area contributed by atoms with E-state index in [9.17, 15) is 0 Å². The summed E-state index contributed by atoms with van der Waals surface area (Å²) in [6.45, 7) is 5.28. The molecule has 2 aliphatic rings. The Morgan fingerprint density at radius 3 is 2.49 bits per heavy atom. The Kier molecular flexibility index (Phi) is 6.59. The quantitative estimate of drug-likeness (QED) is 0.303. The molecule has 8 heteroatoms. The van der Waals surface area contributed by atoms with E-state index >= 15 is 0 Å². The average Bonchev–Trinajstić information content (AvgIpc) is 3.56. The van der Waals surface area contributed by atoms with Crippen molar-refractivity contribution in [2.24, 2.45) is 0 Å². The van der Waals surface area contributed by atoms with Gasteiger partial charge in [0.25, 0.3) is 0 Å². The first-order valence-electron chi connectivity index (χ1n) is 12.4. The molecule has 2 saturated heterocycles. The number of ether oxygens (including phenoxy) is 1. The number of furan rings is 1. The summed E-state index contributed by atoms with van der Waals surface area (Å²) in [5.74, 6) is 1.56. The number of morpholine rings is 1. The Morgan fingerprint density at radius 2 is 1.76 bits per heavy atom. The maximum Gasteiger partial charge on any atom is 0.174 e. The van der Waals surface area contributed by atoms with Crippen molar-refractivity contribution in [3.63, 3.8) is 0 Å². The molecule has 0 unspecified atom stereocenters. The van der Waals surface area contributed by atoms with Gasteiger partial charge in [-0.2, -0.15) is 0 Å². The summed E-state index contributed by atoms with van der Waals surface area (Å²) in [4.78, 5) is 9.10. The fraction of sp³-hybridized carbons (Fsp3) is 0.241. The molecule has 6 nitrogen and oxygen atoms in total. The van der Waals surface area contributed by atoms with Crippen LogP contribution in [0.15, 0.2) is 83.4 Å². The third kappa shape index (κ3) is 4.70. The van der Waals surface area contributed by atoms with Crippen LogP contribution in [-0.2, 0) is 4.74 Å². The van der Waals surface area contributed by atoms with E-state index in [0.29, 0.717) is 10.1 Å². The number of aryl methyl sites for hydroxylation is 1. The molecule has 188 valence electrons. The highest BCUT2D eigenvalue weighted by molar-refractivity contribution is 7.80. The Morgan fingerprint density at radius 1 is 0.973 bits per heavy atom. The normalized spacial score (nSPS) is 19.8. The molecule has 0 aliphatic carbocycles. The van der Waals surface area contributed by atoms with Crippen molar-refractivity contribution in [2.45, 2.75) is 19.0 Å². The van der Waals surface area contributed by atoms with E-state index in [-0.39, 0.29) is 12.1 Å². The Labute approximate surface area is 226 Å². The number of nitrogens with zero attached hydrogens (tertiary/aromatic N) is 3. The van der Waals surface area contributed by atoms with Gasteiger partial charge in [0, 0.05) is 41.2 Å². The summed E-state index contributed by atoms with van der Waals surface area (Å²) in [6, 6.07) is 24.1. The molecule has 0 bridgehead atoms. The molecule has 4 aromatic rings. The number of hydrogen-bond acceptors (Lipinski definition) is 5. The average molecular weight is 531 g/mol. The van der Waals surface area contributed by atoms with E-state index in [1.54, 1.807) is 6.20 Å². The van der Waals surface area contributed by atoms with Crippen LogP contribution in [0.2, 0.25) is 5.02 Å². The van der Waals surface area contributed by atoms with E-state index in [1.807, 2.05) is 55.5 Å². The molecule has 2 atom stereocenters. The summed E-state index contributed by atoms with van der Waals surface area (Å²) in [5, 5.41) is 4.85. The van der Waals surface area contributed by atoms with Gasteiger partial charge in [0.1, 0.15) is 17.6 Å². The second kappa shape index (κ2) is 10.2. The maximum atomic E-state index is 6.47. The van der Waals surface area contributed by atoms with Crippen LogP contribution in [-0.4, -0.2) is 36.4 Å². The number of thiocarbonyl (C=S) groups is 1. The van der Waals surface area contributed by atoms with E-state index < -0.39 is 0 Å². The summed E-state index contributed by atoms with van der Waals surface area (Å²) >= 11 is 12.3. The lowest BCUT2D eigenvalue weighted by Crippen LogP contribution is -2.36. The molecule has 1 N–H and O–H groups in total. The predicted molar refractivity (Wildman–Crippen MR) is 151 cm³/mol. The van der Waals surface area contributed by atoms with Crippen molar-refractivity contribution in [3.05, 3.63) is 101 Å². The first-order chi connectivity index (χ1) is 18.1. The van der Waals surface area contributed by atoms with Crippen molar-refractivity contribution in [3.8, 4) is 11.3 Å². The predicted octanol–water partition coefficient (Wildman–Crippen LogP) is 6.32. The van der Waals surface area contributed by atoms with E-state index in [0.717, 1.165) is 60.3 Å². The molecule has 0 saturated carbocycles. The highest BCUT2D eigenvalue weighted by Crippen LogP contribution is 2.43. The van der Waals surface area contributed by atoms with Crippen molar-refractivity contribution in [1.29, 1.82) is 0 Å². The van der Waals surface area contributed by atoms with E-state index in [4.69, 9.17) is 33.0 Å². The van der Waals surface area contributed by atoms with Gasteiger partial charge < -0.3 is 24.3 Å². The maximum absolute atomic E-state index is 6.47. The number of aromatic nitrogens is 1. The zero-order chi connectivity index (χ0) is 25.4. The molecule has 4 heterocycles. The lowest BCUT2D eigenvalue weighted by atomic mass is 10.0. The molecular weight excluding hydrogens is 504 g/mol. The van der Waals surface area contributed by atoms with Gasteiger partial charge in [-0.3, -0.25) is 4.98 Å². The smallest absolute Gasteiger partial charge is 0.174 e. The standard InChI is InChI=1S/C29H27ClN4O2S/c1-19-5-6-20(18-23(19)30)25-11-12-26(36-25)28-27(24-4-2-3-13-31-24)32-29(37)34(28)22-9-7-21(8-10-22)33-14-16-35-17-15-33/h2-13,18,27-28H,14-17H2,1H3,(H,32,37)/t27-,28+/m1/s1. The monoisotopic (exact) mass is 530 g/mol. The molecule has 2 fully saturated rings. The van der Waals surface area contributed by atoms with Gasteiger partial charge in [-0.05, 0) is 79.3 Å². The largest absolute Gasteiger partial charge is 0.459 e. The minimum Gasteiger partial charge on any atom is -0.459 e. The van der Waals surface area contributed by atoms with Gasteiger partial charge in [-0.25, -0.2) is 0 Å². The van der Waals surface area contributed by atoms with Gasteiger partial charge in [-0.1, -0.05) is 29.8 Å². The molecule has 0 radical (unpaired) electrons. The molecule has 0 amide bonds. The van der Waals surface area contributed by atoms with Crippen molar-refractivity contribution in [2.75, 3.05) is 36.1 Å². The molecule has 37 heavy (non-hydrogen) atoms. The van der Waals surface area contributed by atoms with Crippen molar-refractivity contribution >= 4 is 40.3 Å².